The van der Waals surface area contributed by atoms with E-state index in [0.29, 0.717) is 18.8 Å². The van der Waals surface area contributed by atoms with Crippen LogP contribution in [-0.2, 0) is 14.8 Å². The minimum Gasteiger partial charge on any atom is -0.325 e. The summed E-state index contributed by atoms with van der Waals surface area (Å²) in [6.45, 7) is 2.44. The van der Waals surface area contributed by atoms with E-state index in [9.17, 15) is 13.2 Å². The topological polar surface area (TPSA) is 82.6 Å². The maximum atomic E-state index is 12.7. The number of aromatic nitrogens is 1. The van der Waals surface area contributed by atoms with Crippen LogP contribution >= 0.6 is 23.1 Å². The summed E-state index contributed by atoms with van der Waals surface area (Å²) in [6.07, 6.45) is 1.70. The van der Waals surface area contributed by atoms with Gasteiger partial charge in [0.2, 0.25) is 15.9 Å². The number of carbonyl (C=O) groups excluding carboxylic acids is 1. The van der Waals surface area contributed by atoms with Crippen molar-refractivity contribution in [1.29, 1.82) is 0 Å². The summed E-state index contributed by atoms with van der Waals surface area (Å²) < 4.78 is 27.7. The molecule has 1 N–H and O–H groups in total. The number of benzene rings is 1. The number of anilines is 1. The number of carbonyl (C=O) groups is 1. The third-order valence-corrected chi connectivity index (χ3v) is 7.85. The molecule has 1 aliphatic rings. The molecule has 1 aliphatic heterocycles. The lowest BCUT2D eigenvalue weighted by molar-refractivity contribution is -0.113. The van der Waals surface area contributed by atoms with E-state index in [0.717, 1.165) is 17.4 Å². The van der Waals surface area contributed by atoms with E-state index in [2.05, 4.69) is 15.2 Å². The van der Waals surface area contributed by atoms with Gasteiger partial charge in [-0.2, -0.15) is 4.31 Å². The van der Waals surface area contributed by atoms with Gasteiger partial charge >= 0.3 is 0 Å². The zero-order valence-corrected chi connectivity index (χ0v) is 16.7. The molecule has 0 bridgehead atoms. The second-order valence-electron chi connectivity index (χ2n) is 5.87. The molecule has 0 aliphatic carbocycles. The Hall–Kier alpha value is -1.46. The molecule has 1 aromatic heterocycles. The van der Waals surface area contributed by atoms with Crippen LogP contribution in [0.25, 0.3) is 0 Å². The number of likely N-dealkylation sites (N-methyl/N-ethyl adjacent to an activating group) is 1. The van der Waals surface area contributed by atoms with Crippen molar-refractivity contribution in [2.24, 2.45) is 0 Å². The van der Waals surface area contributed by atoms with Gasteiger partial charge in [-0.05, 0) is 31.3 Å². The fourth-order valence-corrected chi connectivity index (χ4v) is 5.35. The van der Waals surface area contributed by atoms with Crippen molar-refractivity contribution in [3.63, 3.8) is 0 Å². The van der Waals surface area contributed by atoms with E-state index in [4.69, 9.17) is 0 Å². The summed E-state index contributed by atoms with van der Waals surface area (Å²) >= 11 is 2.86. The minimum absolute atomic E-state index is 0.153. The number of thiazole rings is 1. The fourth-order valence-electron chi connectivity index (χ4n) is 2.49. The molecule has 2 aromatic rings. The molecule has 10 heteroatoms. The number of nitrogens with zero attached hydrogens (tertiary/aromatic N) is 3. The van der Waals surface area contributed by atoms with E-state index in [1.807, 2.05) is 12.4 Å². The van der Waals surface area contributed by atoms with Gasteiger partial charge in [0.05, 0.1) is 10.6 Å². The number of thioether (sulfide) groups is 1. The molecular weight excluding hydrogens is 392 g/mol. The Morgan fingerprint density at radius 3 is 2.54 bits per heavy atom. The van der Waals surface area contributed by atoms with Crippen molar-refractivity contribution >= 4 is 44.7 Å². The predicted molar refractivity (Wildman–Crippen MR) is 104 cm³/mol. The molecule has 0 saturated carbocycles. The lowest BCUT2D eigenvalue weighted by Crippen LogP contribution is -2.46. The van der Waals surface area contributed by atoms with E-state index >= 15 is 0 Å². The van der Waals surface area contributed by atoms with E-state index in [1.165, 1.54) is 39.5 Å². The molecule has 0 radical (unpaired) electrons. The molecular formula is C16H20N4O3S3. The van der Waals surface area contributed by atoms with Gasteiger partial charge in [0.1, 0.15) is 4.34 Å². The van der Waals surface area contributed by atoms with Crippen LogP contribution in [0.15, 0.2) is 45.1 Å². The summed E-state index contributed by atoms with van der Waals surface area (Å²) in [5, 5.41) is 4.63. The first-order chi connectivity index (χ1) is 12.4. The fraction of sp³-hybridized carbons (Fsp3) is 0.375. The molecule has 1 amide bonds. The average Bonchev–Trinajstić information content (AvgIpc) is 3.14. The number of hydrogen-bond acceptors (Lipinski definition) is 7. The first-order valence-electron chi connectivity index (χ1n) is 8.06. The van der Waals surface area contributed by atoms with Gasteiger partial charge in [0.25, 0.3) is 0 Å². The van der Waals surface area contributed by atoms with Gasteiger partial charge in [-0.15, -0.1) is 11.3 Å². The molecule has 0 spiro atoms. The maximum absolute atomic E-state index is 12.7. The molecule has 7 nitrogen and oxygen atoms in total. The highest BCUT2D eigenvalue weighted by atomic mass is 32.2. The quantitative estimate of drug-likeness (QED) is 0.729. The molecule has 140 valence electrons. The van der Waals surface area contributed by atoms with Crippen molar-refractivity contribution in [3.8, 4) is 0 Å². The smallest absolute Gasteiger partial charge is 0.243 e. The van der Waals surface area contributed by atoms with Crippen LogP contribution in [0, 0.1) is 0 Å². The molecule has 1 saturated heterocycles. The Kier molecular flexibility index (Phi) is 6.30. The van der Waals surface area contributed by atoms with Gasteiger partial charge in [-0.1, -0.05) is 11.8 Å². The average molecular weight is 413 g/mol. The largest absolute Gasteiger partial charge is 0.325 e. The van der Waals surface area contributed by atoms with Crippen LogP contribution in [-0.4, -0.2) is 67.5 Å². The summed E-state index contributed by atoms with van der Waals surface area (Å²) in [6, 6.07) is 6.32. The highest BCUT2D eigenvalue weighted by molar-refractivity contribution is 8.01. The second kappa shape index (κ2) is 8.49. The number of sulfonamides is 1. The Bertz CT molecular complexity index is 830. The van der Waals surface area contributed by atoms with Crippen LogP contribution in [0.1, 0.15) is 0 Å². The minimum atomic E-state index is -3.49. The van der Waals surface area contributed by atoms with Crippen LogP contribution in [0.3, 0.4) is 0 Å². The number of amides is 1. The van der Waals surface area contributed by atoms with E-state index in [-0.39, 0.29) is 16.6 Å². The van der Waals surface area contributed by atoms with Crippen LogP contribution in [0.2, 0.25) is 0 Å². The Morgan fingerprint density at radius 2 is 1.92 bits per heavy atom. The third kappa shape index (κ3) is 4.83. The normalized spacial score (nSPS) is 16.5. The van der Waals surface area contributed by atoms with Crippen LogP contribution in [0.4, 0.5) is 5.69 Å². The van der Waals surface area contributed by atoms with Gasteiger partial charge in [-0.25, -0.2) is 13.4 Å². The van der Waals surface area contributed by atoms with E-state index < -0.39 is 10.0 Å². The molecule has 2 heterocycles. The SMILES string of the molecule is CN1CCN(S(=O)(=O)c2ccc(NC(=O)CSc3nccs3)cc2)CC1. The predicted octanol–water partition coefficient (Wildman–Crippen LogP) is 1.81. The Labute approximate surface area is 161 Å². The number of nitrogens with one attached hydrogen (secondary N) is 1. The summed E-state index contributed by atoms with van der Waals surface area (Å²) in [7, 11) is -1.51. The Balaban J connectivity index is 1.58. The van der Waals surface area contributed by atoms with Crippen LogP contribution < -0.4 is 5.32 Å². The highest BCUT2D eigenvalue weighted by Gasteiger charge is 2.27. The molecule has 3 rings (SSSR count). The van der Waals surface area contributed by atoms with Gasteiger partial charge in [-0.3, -0.25) is 4.79 Å². The molecule has 1 aromatic carbocycles. The molecule has 0 unspecified atom stereocenters. The molecule has 26 heavy (non-hydrogen) atoms. The Morgan fingerprint density at radius 1 is 1.23 bits per heavy atom. The molecule has 0 atom stereocenters. The van der Waals surface area contributed by atoms with Crippen molar-refractivity contribution in [2.75, 3.05) is 44.3 Å². The summed E-state index contributed by atoms with van der Waals surface area (Å²) in [5.41, 5.74) is 0.576. The monoisotopic (exact) mass is 412 g/mol. The van der Waals surface area contributed by atoms with Gasteiger partial charge < -0.3 is 10.2 Å². The lowest BCUT2D eigenvalue weighted by atomic mass is 10.3. The van der Waals surface area contributed by atoms with Crippen molar-refractivity contribution in [3.05, 3.63) is 35.8 Å². The highest BCUT2D eigenvalue weighted by Crippen LogP contribution is 2.22. The van der Waals surface area contributed by atoms with Gasteiger partial charge in [0, 0.05) is 43.4 Å². The summed E-state index contributed by atoms with van der Waals surface area (Å²) in [5.74, 6) is 0.106. The standard InChI is InChI=1S/C16H20N4O3S3/c1-19-7-9-20(10-8-19)26(22,23)14-4-2-13(3-5-14)18-15(21)12-25-16-17-6-11-24-16/h2-6,11H,7-10,12H2,1H3,(H,18,21). The zero-order chi connectivity index (χ0) is 18.6. The molecule has 1 fully saturated rings. The number of hydrogen-bond donors (Lipinski definition) is 1. The van der Waals surface area contributed by atoms with Crippen molar-refractivity contribution in [2.45, 2.75) is 9.24 Å². The van der Waals surface area contributed by atoms with E-state index in [1.54, 1.807) is 18.3 Å². The number of piperazine rings is 1. The maximum Gasteiger partial charge on any atom is 0.243 e. The summed E-state index contributed by atoms with van der Waals surface area (Å²) in [4.78, 5) is 18.4. The second-order valence-corrected chi connectivity index (χ2v) is 9.92. The van der Waals surface area contributed by atoms with Gasteiger partial charge in [0.15, 0.2) is 0 Å². The van der Waals surface area contributed by atoms with Crippen molar-refractivity contribution < 1.29 is 13.2 Å². The van der Waals surface area contributed by atoms with Crippen molar-refractivity contribution in [1.82, 2.24) is 14.2 Å². The first-order valence-corrected chi connectivity index (χ1v) is 11.4. The van der Waals surface area contributed by atoms with Crippen LogP contribution in [0.5, 0.6) is 0 Å². The third-order valence-electron chi connectivity index (χ3n) is 3.97. The first kappa shape index (κ1) is 19.3. The zero-order valence-electron chi connectivity index (χ0n) is 14.3. The lowest BCUT2D eigenvalue weighted by Gasteiger charge is -2.31. The number of rotatable bonds is 6.